The number of hydrogen-bond donors (Lipinski definition) is 2. The maximum absolute atomic E-state index is 9.10. The van der Waals surface area contributed by atoms with Gasteiger partial charge in [0, 0.05) is 4.90 Å². The maximum Gasteiger partial charge on any atom is 0.118 e. The first-order valence-electron chi connectivity index (χ1n) is 3.02. The average molecular weight is 188 g/mol. The lowest BCUT2D eigenvalue weighted by Gasteiger charge is -1.99. The third-order valence-corrected chi connectivity index (χ3v) is 1.82. The van der Waals surface area contributed by atoms with Crippen LogP contribution in [0.2, 0.25) is 0 Å². The van der Waals surface area contributed by atoms with Crippen LogP contribution >= 0.6 is 12.0 Å². The molecule has 0 aliphatic carbocycles. The van der Waals surface area contributed by atoms with Crippen LogP contribution in [0.1, 0.15) is 13.0 Å². The molecule has 3 nitrogen and oxygen atoms in total. The molecule has 0 bridgehead atoms. The van der Waals surface area contributed by atoms with E-state index in [1.54, 1.807) is 25.1 Å². The molecular weight excluding hydrogens is 176 g/mol. The Bertz CT molecular complexity index is 250. The van der Waals surface area contributed by atoms with Crippen molar-refractivity contribution in [2.24, 2.45) is 0 Å². The molecule has 0 unspecified atom stereocenters. The maximum atomic E-state index is 9.10. The quantitative estimate of drug-likeness (QED) is 0.425. The normalized spacial score (nSPS) is 9.17. The molecule has 0 atom stereocenters. The van der Waals surface area contributed by atoms with Gasteiger partial charge in [-0.05, 0) is 30.7 Å². The number of hydrogen-bond acceptors (Lipinski definition) is 4. The fourth-order valence-corrected chi connectivity index (χ4v) is 1.16. The van der Waals surface area contributed by atoms with Gasteiger partial charge in [0.25, 0.3) is 0 Å². The van der Waals surface area contributed by atoms with E-state index >= 15 is 0 Å². The van der Waals surface area contributed by atoms with E-state index in [9.17, 15) is 0 Å². The van der Waals surface area contributed by atoms with Gasteiger partial charge in [-0.25, -0.2) is 5.26 Å². The summed E-state index contributed by atoms with van der Waals surface area (Å²) in [5, 5.41) is 17.2. The third-order valence-electron chi connectivity index (χ3n) is 1.30. The van der Waals surface area contributed by atoms with Gasteiger partial charge in [-0.1, -0.05) is 7.43 Å². The van der Waals surface area contributed by atoms with Crippen molar-refractivity contribution in [2.45, 2.75) is 19.2 Å². The van der Waals surface area contributed by atoms with Crippen molar-refractivity contribution < 1.29 is 14.7 Å². The molecule has 1 aromatic carbocycles. The minimum Gasteiger partial charge on any atom is -0.508 e. The van der Waals surface area contributed by atoms with Crippen molar-refractivity contribution in [1.82, 2.24) is 0 Å². The Hall–Kier alpha value is -0.710. The number of phenols is 1. The monoisotopic (exact) mass is 188 g/mol. The van der Waals surface area contributed by atoms with Gasteiger partial charge in [-0.2, -0.15) is 4.33 Å². The first-order valence-corrected chi connectivity index (χ1v) is 3.76. The Labute approximate surface area is 76.1 Å². The predicted molar refractivity (Wildman–Crippen MR) is 49.1 cm³/mol. The van der Waals surface area contributed by atoms with Crippen molar-refractivity contribution in [3.8, 4) is 5.75 Å². The minimum absolute atomic E-state index is 0. The Kier molecular flexibility index (Phi) is 4.73. The Morgan fingerprint density at radius 2 is 2.08 bits per heavy atom. The summed E-state index contributed by atoms with van der Waals surface area (Å²) in [4.78, 5) is 0.753. The highest BCUT2D eigenvalue weighted by Gasteiger charge is 1.98. The molecule has 12 heavy (non-hydrogen) atoms. The van der Waals surface area contributed by atoms with Crippen molar-refractivity contribution in [1.29, 1.82) is 0 Å². The van der Waals surface area contributed by atoms with Gasteiger partial charge in [0.2, 0.25) is 0 Å². The summed E-state index contributed by atoms with van der Waals surface area (Å²) in [6, 6.07) is 4.93. The molecule has 0 fully saturated rings. The molecule has 1 aromatic rings. The van der Waals surface area contributed by atoms with Crippen LogP contribution < -0.4 is 0 Å². The van der Waals surface area contributed by atoms with Gasteiger partial charge in [0.05, 0.1) is 12.0 Å². The highest BCUT2D eigenvalue weighted by atomic mass is 32.2. The van der Waals surface area contributed by atoms with Crippen LogP contribution in [0.25, 0.3) is 0 Å². The molecule has 0 aromatic heterocycles. The van der Waals surface area contributed by atoms with Crippen molar-refractivity contribution >= 4 is 12.0 Å². The van der Waals surface area contributed by atoms with Crippen molar-refractivity contribution in [3.05, 3.63) is 23.8 Å². The van der Waals surface area contributed by atoms with E-state index in [1.165, 1.54) is 0 Å². The van der Waals surface area contributed by atoms with Gasteiger partial charge in [-0.3, -0.25) is 0 Å². The summed E-state index contributed by atoms with van der Waals surface area (Å²) in [5.41, 5.74) is 0.757. The summed E-state index contributed by atoms with van der Waals surface area (Å²) in [6.45, 7) is 1.77. The standard InChI is InChI=1S/C7H8O3S.CH4/c1-5-4-6(11-10-9)2-3-7(5)8;/h2-4,8-9H,1H3;1H4. The zero-order chi connectivity index (χ0) is 8.27. The number of rotatable bonds is 2. The highest BCUT2D eigenvalue weighted by molar-refractivity contribution is 7.94. The second-order valence-electron chi connectivity index (χ2n) is 2.11. The minimum atomic E-state index is 0. The second kappa shape index (κ2) is 5.03. The van der Waals surface area contributed by atoms with Crippen LogP contribution in [0.15, 0.2) is 23.1 Å². The smallest absolute Gasteiger partial charge is 0.118 e. The molecule has 2 N–H and O–H groups in total. The average Bonchev–Trinajstić information content (AvgIpc) is 1.98. The Balaban J connectivity index is 0.00000121. The molecule has 0 amide bonds. The SMILES string of the molecule is C.Cc1cc(SOO)ccc1O. The van der Waals surface area contributed by atoms with Gasteiger partial charge >= 0.3 is 0 Å². The Morgan fingerprint density at radius 3 is 2.58 bits per heavy atom. The van der Waals surface area contributed by atoms with E-state index < -0.39 is 0 Å². The predicted octanol–water partition coefficient (Wildman–Crippen LogP) is 2.83. The first kappa shape index (κ1) is 11.3. The Morgan fingerprint density at radius 1 is 1.42 bits per heavy atom. The molecule has 1 rings (SSSR count). The molecule has 0 saturated carbocycles. The van der Waals surface area contributed by atoms with Crippen LogP contribution in [0.5, 0.6) is 5.75 Å². The lowest BCUT2D eigenvalue weighted by Crippen LogP contribution is -1.77. The number of phenolic OH excluding ortho intramolecular Hbond substituents is 1. The van der Waals surface area contributed by atoms with Crippen LogP contribution in [0.4, 0.5) is 0 Å². The topological polar surface area (TPSA) is 49.7 Å². The molecule has 0 heterocycles. The molecule has 0 radical (unpaired) electrons. The van der Waals surface area contributed by atoms with Crippen LogP contribution in [0.3, 0.4) is 0 Å². The van der Waals surface area contributed by atoms with E-state index in [0.717, 1.165) is 22.5 Å². The lowest BCUT2D eigenvalue weighted by atomic mass is 10.2. The third kappa shape index (κ3) is 2.73. The van der Waals surface area contributed by atoms with Gasteiger partial charge in [0.15, 0.2) is 0 Å². The molecule has 4 heteroatoms. The summed E-state index contributed by atoms with van der Waals surface area (Å²) < 4.78 is 3.86. The highest BCUT2D eigenvalue weighted by Crippen LogP contribution is 2.24. The molecule has 0 aliphatic rings. The number of aryl methyl sites for hydroxylation is 1. The van der Waals surface area contributed by atoms with Gasteiger partial charge in [0.1, 0.15) is 5.75 Å². The molecule has 0 spiro atoms. The van der Waals surface area contributed by atoms with Gasteiger partial charge in [-0.15, -0.1) is 0 Å². The van der Waals surface area contributed by atoms with Crippen LogP contribution in [-0.2, 0) is 4.33 Å². The van der Waals surface area contributed by atoms with Crippen molar-refractivity contribution in [3.63, 3.8) is 0 Å². The molecule has 0 saturated heterocycles. The largest absolute Gasteiger partial charge is 0.508 e. The van der Waals surface area contributed by atoms with E-state index in [0.29, 0.717) is 0 Å². The van der Waals surface area contributed by atoms with E-state index in [2.05, 4.69) is 4.33 Å². The number of aromatic hydroxyl groups is 1. The van der Waals surface area contributed by atoms with Crippen LogP contribution in [-0.4, -0.2) is 10.4 Å². The first-order chi connectivity index (χ1) is 5.24. The fourth-order valence-electron chi connectivity index (χ4n) is 0.723. The lowest BCUT2D eigenvalue weighted by molar-refractivity contribution is -0.116. The molecule has 0 aliphatic heterocycles. The van der Waals surface area contributed by atoms with Crippen molar-refractivity contribution in [2.75, 3.05) is 0 Å². The summed E-state index contributed by atoms with van der Waals surface area (Å²) >= 11 is 0.843. The van der Waals surface area contributed by atoms with Gasteiger partial charge < -0.3 is 5.11 Å². The van der Waals surface area contributed by atoms with E-state index in [1.807, 2.05) is 0 Å². The zero-order valence-corrected chi connectivity index (χ0v) is 6.76. The van der Waals surface area contributed by atoms with E-state index in [-0.39, 0.29) is 13.2 Å². The number of benzene rings is 1. The zero-order valence-electron chi connectivity index (χ0n) is 5.94. The fraction of sp³-hybridized carbons (Fsp3) is 0.250. The molecule has 68 valence electrons. The molecular formula is C8H12O3S. The van der Waals surface area contributed by atoms with E-state index in [4.69, 9.17) is 10.4 Å². The van der Waals surface area contributed by atoms with Crippen LogP contribution in [0, 0.1) is 6.92 Å². The second-order valence-corrected chi connectivity index (χ2v) is 2.89. The summed E-state index contributed by atoms with van der Waals surface area (Å²) in [6.07, 6.45) is 0. The summed E-state index contributed by atoms with van der Waals surface area (Å²) in [5.74, 6) is 0.243. The summed E-state index contributed by atoms with van der Waals surface area (Å²) in [7, 11) is 0.